The number of aryl methyl sites for hydroxylation is 1. The number of hydrogen-bond acceptors (Lipinski definition) is 3. The summed E-state index contributed by atoms with van der Waals surface area (Å²) in [7, 11) is 3.49. The summed E-state index contributed by atoms with van der Waals surface area (Å²) in [6.45, 7) is 4.92. The zero-order valence-corrected chi connectivity index (χ0v) is 16.7. The number of amides is 1. The van der Waals surface area contributed by atoms with Crippen LogP contribution >= 0.6 is 28.3 Å². The second kappa shape index (κ2) is 10.9. The second-order valence-corrected chi connectivity index (χ2v) is 6.84. The monoisotopic (exact) mass is 406 g/mol. The summed E-state index contributed by atoms with van der Waals surface area (Å²) in [5, 5.41) is 0. The molecule has 1 aromatic rings. The molecule has 0 spiro atoms. The number of nitrogens with two attached hydrogens (primary N) is 1. The first-order valence-corrected chi connectivity index (χ1v) is 8.46. The summed E-state index contributed by atoms with van der Waals surface area (Å²) >= 11 is 3.46. The largest absolute Gasteiger partial charge is 0.496 e. The Morgan fingerprint density at radius 3 is 2.57 bits per heavy atom. The number of methoxy groups -OCH3 is 1. The number of rotatable bonds is 8. The third kappa shape index (κ3) is 7.55. The highest BCUT2D eigenvalue weighted by Crippen LogP contribution is 2.26. The van der Waals surface area contributed by atoms with Gasteiger partial charge in [0.05, 0.1) is 11.6 Å². The van der Waals surface area contributed by atoms with Gasteiger partial charge in [0, 0.05) is 26.1 Å². The van der Waals surface area contributed by atoms with E-state index in [0.29, 0.717) is 18.9 Å². The number of carbonyl (C=O) groups excluding carboxylic acids is 1. The zero-order valence-electron chi connectivity index (χ0n) is 14.3. The van der Waals surface area contributed by atoms with Gasteiger partial charge in [-0.3, -0.25) is 4.79 Å². The number of carbonyl (C=O) groups is 1. The molecule has 0 aliphatic carbocycles. The SMILES string of the molecule is COc1ccc(CCC(=O)N(C)CCC(N)C(C)C)cc1Br.Cl. The fourth-order valence-electron chi connectivity index (χ4n) is 2.11. The predicted molar refractivity (Wildman–Crippen MR) is 101 cm³/mol. The Morgan fingerprint density at radius 1 is 1.39 bits per heavy atom. The number of nitrogens with zero attached hydrogens (tertiary/aromatic N) is 1. The van der Waals surface area contributed by atoms with Gasteiger partial charge in [0.15, 0.2) is 0 Å². The molecule has 0 saturated heterocycles. The molecule has 0 aromatic heterocycles. The van der Waals surface area contributed by atoms with Crippen molar-refractivity contribution in [1.29, 1.82) is 0 Å². The van der Waals surface area contributed by atoms with E-state index >= 15 is 0 Å². The maximum Gasteiger partial charge on any atom is 0.222 e. The maximum atomic E-state index is 12.2. The molecule has 0 heterocycles. The molecule has 4 nitrogen and oxygen atoms in total. The topological polar surface area (TPSA) is 55.6 Å². The number of hydrogen-bond donors (Lipinski definition) is 1. The second-order valence-electron chi connectivity index (χ2n) is 5.98. The Hall–Kier alpha value is -0.780. The minimum absolute atomic E-state index is 0. The summed E-state index contributed by atoms with van der Waals surface area (Å²) in [5.41, 5.74) is 7.14. The van der Waals surface area contributed by atoms with Crippen molar-refractivity contribution in [3.63, 3.8) is 0 Å². The van der Waals surface area contributed by atoms with Gasteiger partial charge in [-0.15, -0.1) is 12.4 Å². The standard InChI is InChI=1S/C17H27BrN2O2.ClH/c1-12(2)15(19)9-10-20(3)17(21)8-6-13-5-7-16(22-4)14(18)11-13;/h5,7,11-12,15H,6,8-10,19H2,1-4H3;1H. The highest BCUT2D eigenvalue weighted by molar-refractivity contribution is 9.10. The Morgan fingerprint density at radius 2 is 2.04 bits per heavy atom. The molecule has 132 valence electrons. The molecule has 2 N–H and O–H groups in total. The van der Waals surface area contributed by atoms with Crippen molar-refractivity contribution in [1.82, 2.24) is 4.90 Å². The number of halogens is 2. The van der Waals surface area contributed by atoms with Crippen molar-refractivity contribution in [2.24, 2.45) is 11.7 Å². The third-order valence-corrected chi connectivity index (χ3v) is 4.54. The highest BCUT2D eigenvalue weighted by Gasteiger charge is 2.13. The first-order valence-electron chi connectivity index (χ1n) is 7.67. The summed E-state index contributed by atoms with van der Waals surface area (Å²) in [6.07, 6.45) is 2.07. The molecular formula is C17H28BrClN2O2. The highest BCUT2D eigenvalue weighted by atomic mass is 79.9. The van der Waals surface area contributed by atoms with E-state index in [1.165, 1.54) is 0 Å². The number of ether oxygens (including phenoxy) is 1. The van der Waals surface area contributed by atoms with E-state index in [9.17, 15) is 4.79 Å². The third-order valence-electron chi connectivity index (χ3n) is 3.92. The fourth-order valence-corrected chi connectivity index (χ4v) is 2.70. The molecule has 6 heteroatoms. The van der Waals surface area contributed by atoms with Crippen molar-refractivity contribution in [3.8, 4) is 5.75 Å². The van der Waals surface area contributed by atoms with Gasteiger partial charge in [0.2, 0.25) is 5.91 Å². The molecule has 23 heavy (non-hydrogen) atoms. The van der Waals surface area contributed by atoms with E-state index in [2.05, 4.69) is 29.8 Å². The van der Waals surface area contributed by atoms with E-state index in [1.54, 1.807) is 12.0 Å². The normalized spacial score (nSPS) is 11.8. The Balaban J connectivity index is 0.00000484. The first-order chi connectivity index (χ1) is 10.3. The van der Waals surface area contributed by atoms with E-state index in [0.717, 1.165) is 28.6 Å². The van der Waals surface area contributed by atoms with E-state index in [1.807, 2.05) is 25.2 Å². The molecule has 0 radical (unpaired) electrons. The van der Waals surface area contributed by atoms with Crippen LogP contribution in [0.25, 0.3) is 0 Å². The van der Waals surface area contributed by atoms with Crippen LogP contribution < -0.4 is 10.5 Å². The smallest absolute Gasteiger partial charge is 0.222 e. The maximum absolute atomic E-state index is 12.2. The first kappa shape index (κ1) is 22.2. The summed E-state index contributed by atoms with van der Waals surface area (Å²) in [6, 6.07) is 6.05. The molecule has 0 bridgehead atoms. The Labute approximate surface area is 154 Å². The molecule has 1 atom stereocenters. The van der Waals surface area contributed by atoms with Gasteiger partial charge >= 0.3 is 0 Å². The van der Waals surface area contributed by atoms with Gasteiger partial charge in [-0.25, -0.2) is 0 Å². The van der Waals surface area contributed by atoms with Crippen LogP contribution in [0, 0.1) is 5.92 Å². The quantitative estimate of drug-likeness (QED) is 0.715. The average Bonchev–Trinajstić information content (AvgIpc) is 2.49. The molecule has 0 aliphatic rings. The molecule has 1 amide bonds. The van der Waals surface area contributed by atoms with Crippen LogP contribution in [0.1, 0.15) is 32.3 Å². The molecule has 1 rings (SSSR count). The fraction of sp³-hybridized carbons (Fsp3) is 0.588. The van der Waals surface area contributed by atoms with Crippen molar-refractivity contribution in [3.05, 3.63) is 28.2 Å². The summed E-state index contributed by atoms with van der Waals surface area (Å²) < 4.78 is 6.12. The van der Waals surface area contributed by atoms with Gasteiger partial charge in [-0.05, 0) is 52.4 Å². The van der Waals surface area contributed by atoms with Gasteiger partial charge in [0.1, 0.15) is 5.75 Å². The van der Waals surface area contributed by atoms with Crippen LogP contribution in [0.5, 0.6) is 5.75 Å². The lowest BCUT2D eigenvalue weighted by molar-refractivity contribution is -0.129. The lowest BCUT2D eigenvalue weighted by Crippen LogP contribution is -2.34. The predicted octanol–water partition coefficient (Wildman–Crippen LogP) is 3.64. The van der Waals surface area contributed by atoms with E-state index in [4.69, 9.17) is 10.5 Å². The lowest BCUT2D eigenvalue weighted by Gasteiger charge is -2.21. The van der Waals surface area contributed by atoms with Crippen molar-refractivity contribution < 1.29 is 9.53 Å². The van der Waals surface area contributed by atoms with Crippen LogP contribution in [-0.4, -0.2) is 37.6 Å². The molecule has 1 aromatic carbocycles. The molecule has 0 saturated carbocycles. The van der Waals surface area contributed by atoms with Crippen molar-refractivity contribution >= 4 is 34.2 Å². The van der Waals surface area contributed by atoms with Gasteiger partial charge in [-0.1, -0.05) is 19.9 Å². The van der Waals surface area contributed by atoms with Gasteiger partial charge in [-0.2, -0.15) is 0 Å². The van der Waals surface area contributed by atoms with Crippen molar-refractivity contribution in [2.75, 3.05) is 20.7 Å². The number of benzene rings is 1. The summed E-state index contributed by atoms with van der Waals surface area (Å²) in [5.74, 6) is 1.40. The van der Waals surface area contributed by atoms with E-state index < -0.39 is 0 Å². The Bertz CT molecular complexity index is 497. The zero-order chi connectivity index (χ0) is 16.7. The van der Waals surface area contributed by atoms with Crippen LogP contribution in [0.3, 0.4) is 0 Å². The van der Waals surface area contributed by atoms with Crippen LogP contribution in [0.15, 0.2) is 22.7 Å². The van der Waals surface area contributed by atoms with Crippen LogP contribution in [0.4, 0.5) is 0 Å². The summed E-state index contributed by atoms with van der Waals surface area (Å²) in [4.78, 5) is 13.9. The lowest BCUT2D eigenvalue weighted by atomic mass is 10.0. The minimum Gasteiger partial charge on any atom is -0.496 e. The molecule has 0 aliphatic heterocycles. The van der Waals surface area contributed by atoms with Crippen LogP contribution in [-0.2, 0) is 11.2 Å². The van der Waals surface area contributed by atoms with Crippen LogP contribution in [0.2, 0.25) is 0 Å². The van der Waals surface area contributed by atoms with E-state index in [-0.39, 0.29) is 24.4 Å². The molecule has 1 unspecified atom stereocenters. The Kier molecular flexibility index (Phi) is 10.5. The molecule has 0 fully saturated rings. The average molecular weight is 408 g/mol. The van der Waals surface area contributed by atoms with Crippen molar-refractivity contribution in [2.45, 2.75) is 39.2 Å². The van der Waals surface area contributed by atoms with Gasteiger partial charge in [0.25, 0.3) is 0 Å². The van der Waals surface area contributed by atoms with Gasteiger partial charge < -0.3 is 15.4 Å². The molecular weight excluding hydrogens is 380 g/mol. The minimum atomic E-state index is 0.